The average Bonchev–Trinajstić information content (AvgIpc) is 2.53. The molecule has 1 aromatic rings. The predicted molar refractivity (Wildman–Crippen MR) is 63.3 cm³/mol. The first kappa shape index (κ1) is 10.1. The molecule has 2 aliphatic rings. The van der Waals surface area contributed by atoms with Crippen molar-refractivity contribution in [1.82, 2.24) is 5.32 Å². The predicted octanol–water partition coefficient (Wildman–Crippen LogP) is 1.94. The molecule has 1 saturated heterocycles. The number of hydrogen-bond donors (Lipinski definition) is 1. The van der Waals surface area contributed by atoms with Gasteiger partial charge in [0.05, 0.1) is 0 Å². The van der Waals surface area contributed by atoms with Crippen molar-refractivity contribution in [2.75, 3.05) is 25.0 Å². The van der Waals surface area contributed by atoms with Crippen LogP contribution in [0.1, 0.15) is 18.4 Å². The minimum atomic E-state index is -0.113. The van der Waals surface area contributed by atoms with Crippen molar-refractivity contribution in [3.8, 4) is 0 Å². The number of anilines is 1. The molecule has 0 unspecified atom stereocenters. The Morgan fingerprint density at radius 1 is 1.31 bits per heavy atom. The lowest BCUT2D eigenvalue weighted by Gasteiger charge is -2.41. The third kappa shape index (κ3) is 1.34. The first-order chi connectivity index (χ1) is 7.71. The fraction of sp³-hybridized carbons (Fsp3) is 0.538. The molecule has 16 heavy (non-hydrogen) atoms. The highest BCUT2D eigenvalue weighted by molar-refractivity contribution is 5.61. The highest BCUT2D eigenvalue weighted by Gasteiger charge is 2.42. The van der Waals surface area contributed by atoms with E-state index in [2.05, 4.69) is 17.3 Å². The van der Waals surface area contributed by atoms with E-state index in [1.54, 1.807) is 12.1 Å². The summed E-state index contributed by atoms with van der Waals surface area (Å²) in [7, 11) is 2.15. The molecule has 1 N–H and O–H groups in total. The fourth-order valence-corrected chi connectivity index (χ4v) is 3.16. The van der Waals surface area contributed by atoms with Crippen molar-refractivity contribution in [2.24, 2.45) is 0 Å². The van der Waals surface area contributed by atoms with Crippen molar-refractivity contribution in [1.29, 1.82) is 0 Å². The van der Waals surface area contributed by atoms with Gasteiger partial charge in [-0.2, -0.15) is 0 Å². The first-order valence-corrected chi connectivity index (χ1v) is 5.94. The molecule has 0 amide bonds. The highest BCUT2D eigenvalue weighted by Crippen LogP contribution is 2.42. The van der Waals surface area contributed by atoms with Gasteiger partial charge in [-0.25, -0.2) is 4.39 Å². The van der Waals surface area contributed by atoms with Crippen LogP contribution in [0.2, 0.25) is 0 Å². The lowest BCUT2D eigenvalue weighted by molar-refractivity contribution is 0.310. The molecule has 2 nitrogen and oxygen atoms in total. The van der Waals surface area contributed by atoms with E-state index in [1.807, 2.05) is 6.07 Å². The third-order valence-corrected chi connectivity index (χ3v) is 4.17. The summed E-state index contributed by atoms with van der Waals surface area (Å²) >= 11 is 0. The molecule has 1 aromatic carbocycles. The summed E-state index contributed by atoms with van der Waals surface area (Å²) in [5.41, 5.74) is 2.62. The Morgan fingerprint density at radius 2 is 2.06 bits per heavy atom. The quantitative estimate of drug-likeness (QED) is 0.719. The largest absolute Gasteiger partial charge is 0.368 e. The molecule has 1 spiro atoms. The second-order valence-electron chi connectivity index (χ2n) is 4.98. The van der Waals surface area contributed by atoms with Gasteiger partial charge in [0, 0.05) is 18.3 Å². The lowest BCUT2D eigenvalue weighted by Crippen LogP contribution is -2.51. The van der Waals surface area contributed by atoms with Gasteiger partial charge in [0.15, 0.2) is 0 Å². The number of nitrogens with zero attached hydrogens (tertiary/aromatic N) is 1. The topological polar surface area (TPSA) is 15.3 Å². The van der Waals surface area contributed by atoms with Crippen LogP contribution in [0.5, 0.6) is 0 Å². The van der Waals surface area contributed by atoms with E-state index in [9.17, 15) is 4.39 Å². The number of fused-ring (bicyclic) bond motifs is 1. The maximum absolute atomic E-state index is 13.2. The Bertz CT molecular complexity index is 410. The van der Waals surface area contributed by atoms with Crippen LogP contribution in [0.15, 0.2) is 18.2 Å². The molecule has 0 aliphatic carbocycles. The highest BCUT2D eigenvalue weighted by atomic mass is 19.1. The number of likely N-dealkylation sites (N-methyl/N-ethyl adjacent to an activating group) is 1. The molecule has 86 valence electrons. The summed E-state index contributed by atoms with van der Waals surface area (Å²) in [5.74, 6) is -0.113. The summed E-state index contributed by atoms with van der Waals surface area (Å²) in [6, 6.07) is 5.18. The zero-order valence-electron chi connectivity index (χ0n) is 9.59. The van der Waals surface area contributed by atoms with Crippen LogP contribution in [0.4, 0.5) is 10.1 Å². The van der Waals surface area contributed by atoms with Crippen LogP contribution in [-0.4, -0.2) is 25.7 Å². The summed E-state index contributed by atoms with van der Waals surface area (Å²) in [4.78, 5) is 2.36. The van der Waals surface area contributed by atoms with Crippen LogP contribution in [0.25, 0.3) is 0 Å². The number of hydrogen-bond acceptors (Lipinski definition) is 2. The first-order valence-electron chi connectivity index (χ1n) is 5.94. The van der Waals surface area contributed by atoms with Crippen molar-refractivity contribution in [3.63, 3.8) is 0 Å². The van der Waals surface area contributed by atoms with E-state index in [0.717, 1.165) is 32.4 Å². The second-order valence-corrected chi connectivity index (χ2v) is 4.98. The maximum Gasteiger partial charge on any atom is 0.123 e. The van der Waals surface area contributed by atoms with Gasteiger partial charge in [0.1, 0.15) is 5.82 Å². The molecular weight excluding hydrogens is 203 g/mol. The van der Waals surface area contributed by atoms with Crippen LogP contribution >= 0.6 is 0 Å². The van der Waals surface area contributed by atoms with Gasteiger partial charge in [-0.1, -0.05) is 0 Å². The molecule has 0 radical (unpaired) electrons. The van der Waals surface area contributed by atoms with Crippen molar-refractivity contribution >= 4 is 5.69 Å². The van der Waals surface area contributed by atoms with E-state index in [-0.39, 0.29) is 11.4 Å². The number of piperidine rings is 1. The van der Waals surface area contributed by atoms with Crippen molar-refractivity contribution in [3.05, 3.63) is 29.6 Å². The number of rotatable bonds is 0. The maximum atomic E-state index is 13.2. The van der Waals surface area contributed by atoms with E-state index in [1.165, 1.54) is 11.3 Å². The monoisotopic (exact) mass is 220 g/mol. The van der Waals surface area contributed by atoms with Gasteiger partial charge in [-0.05, 0) is 56.1 Å². The third-order valence-electron chi connectivity index (χ3n) is 4.17. The van der Waals surface area contributed by atoms with Gasteiger partial charge in [0.25, 0.3) is 0 Å². The van der Waals surface area contributed by atoms with Crippen LogP contribution in [-0.2, 0) is 6.42 Å². The summed E-state index contributed by atoms with van der Waals surface area (Å²) < 4.78 is 13.2. The van der Waals surface area contributed by atoms with Gasteiger partial charge < -0.3 is 10.2 Å². The Balaban J connectivity index is 1.98. The minimum absolute atomic E-state index is 0.113. The van der Waals surface area contributed by atoms with Gasteiger partial charge >= 0.3 is 0 Å². The Kier molecular flexibility index (Phi) is 2.18. The SMILES string of the molecule is CN1c2ccc(F)cc2CC12CCNCC2. The Morgan fingerprint density at radius 3 is 2.81 bits per heavy atom. The molecule has 0 aromatic heterocycles. The standard InChI is InChI=1S/C13H17FN2/c1-16-12-3-2-11(14)8-10(12)9-13(16)4-6-15-7-5-13/h2-3,8,15H,4-7,9H2,1H3. The molecule has 1 fully saturated rings. The van der Waals surface area contributed by atoms with Crippen LogP contribution < -0.4 is 10.2 Å². The van der Waals surface area contributed by atoms with E-state index in [0.29, 0.717) is 0 Å². The van der Waals surface area contributed by atoms with Crippen LogP contribution in [0, 0.1) is 5.82 Å². The summed E-state index contributed by atoms with van der Waals surface area (Å²) in [6.45, 7) is 2.14. The van der Waals surface area contributed by atoms with E-state index >= 15 is 0 Å². The molecule has 0 saturated carbocycles. The molecule has 3 rings (SSSR count). The smallest absolute Gasteiger partial charge is 0.123 e. The molecular formula is C13H17FN2. The van der Waals surface area contributed by atoms with Gasteiger partial charge in [-0.3, -0.25) is 0 Å². The van der Waals surface area contributed by atoms with Crippen molar-refractivity contribution < 1.29 is 4.39 Å². The van der Waals surface area contributed by atoms with E-state index in [4.69, 9.17) is 0 Å². The second kappa shape index (κ2) is 3.45. The zero-order valence-corrected chi connectivity index (χ0v) is 9.59. The minimum Gasteiger partial charge on any atom is -0.368 e. The normalized spacial score (nSPS) is 22.5. The van der Waals surface area contributed by atoms with Crippen LogP contribution in [0.3, 0.4) is 0 Å². The number of benzene rings is 1. The average molecular weight is 220 g/mol. The number of halogens is 1. The van der Waals surface area contributed by atoms with Gasteiger partial charge in [-0.15, -0.1) is 0 Å². The molecule has 2 heterocycles. The Labute approximate surface area is 95.4 Å². The van der Waals surface area contributed by atoms with E-state index < -0.39 is 0 Å². The van der Waals surface area contributed by atoms with Gasteiger partial charge in [0.2, 0.25) is 0 Å². The fourth-order valence-electron chi connectivity index (χ4n) is 3.16. The molecule has 0 atom stereocenters. The van der Waals surface area contributed by atoms with Crippen molar-refractivity contribution in [2.45, 2.75) is 24.8 Å². The zero-order chi connectivity index (χ0) is 11.2. The lowest BCUT2D eigenvalue weighted by atomic mass is 9.85. The molecule has 0 bridgehead atoms. The number of nitrogens with one attached hydrogen (secondary N) is 1. The molecule has 2 aliphatic heterocycles. The summed E-state index contributed by atoms with van der Waals surface area (Å²) in [5, 5.41) is 3.39. The summed E-state index contributed by atoms with van der Waals surface area (Å²) in [6.07, 6.45) is 3.30. The Hall–Kier alpha value is -1.09. The molecule has 3 heteroatoms.